The molecule has 1 aromatic heterocycles. The lowest BCUT2D eigenvalue weighted by Gasteiger charge is -2.22. The fourth-order valence-electron chi connectivity index (χ4n) is 2.63. The van der Waals surface area contributed by atoms with E-state index in [1.165, 1.54) is 29.5 Å². The fraction of sp³-hybridized carbons (Fsp3) is 0.263. The van der Waals surface area contributed by atoms with Gasteiger partial charge < -0.3 is 4.90 Å². The molecule has 28 heavy (non-hydrogen) atoms. The number of rotatable bonds is 6. The van der Waals surface area contributed by atoms with Crippen LogP contribution in [0.3, 0.4) is 0 Å². The highest BCUT2D eigenvalue weighted by Gasteiger charge is 2.23. The van der Waals surface area contributed by atoms with Crippen molar-refractivity contribution in [3.05, 3.63) is 63.7 Å². The molecule has 0 N–H and O–H groups in total. The summed E-state index contributed by atoms with van der Waals surface area (Å²) in [6, 6.07) is 11.8. The molecule has 0 aliphatic heterocycles. The van der Waals surface area contributed by atoms with Crippen molar-refractivity contribution in [2.45, 2.75) is 6.92 Å². The molecule has 0 radical (unpaired) electrons. The third-order valence-corrected chi connectivity index (χ3v) is 5.12. The van der Waals surface area contributed by atoms with Crippen molar-refractivity contribution in [2.75, 3.05) is 32.1 Å². The molecule has 0 fully saturated rings. The molecule has 2 aromatic carbocycles. The number of fused-ring (bicyclic) bond motifs is 1. The highest BCUT2D eigenvalue weighted by Crippen LogP contribution is 2.30. The first-order valence-corrected chi connectivity index (χ1v) is 9.25. The molecule has 148 valence electrons. The monoisotopic (exact) mass is 420 g/mol. The Morgan fingerprint density at radius 1 is 1.18 bits per heavy atom. The summed E-state index contributed by atoms with van der Waals surface area (Å²) >= 11 is 1.45. The summed E-state index contributed by atoms with van der Waals surface area (Å²) in [6.07, 6.45) is 0. The van der Waals surface area contributed by atoms with Gasteiger partial charge in [-0.25, -0.2) is 4.98 Å². The number of carbonyl (C=O) groups excluding carboxylic acids is 1. The molecule has 0 saturated heterocycles. The summed E-state index contributed by atoms with van der Waals surface area (Å²) in [5, 5.41) is 11.6. The predicted molar refractivity (Wildman–Crippen MR) is 115 cm³/mol. The van der Waals surface area contributed by atoms with Crippen molar-refractivity contribution in [3.8, 4) is 0 Å². The number of hydrogen-bond acceptors (Lipinski definition) is 6. The number of benzene rings is 2. The molecule has 3 rings (SSSR count). The Morgan fingerprint density at radius 2 is 1.93 bits per heavy atom. The molecule has 0 saturated carbocycles. The number of nitro benzene ring substituents is 1. The van der Waals surface area contributed by atoms with Gasteiger partial charge in [-0.2, -0.15) is 0 Å². The molecule has 1 heterocycles. The molecule has 0 aliphatic rings. The van der Waals surface area contributed by atoms with Crippen molar-refractivity contribution in [3.63, 3.8) is 0 Å². The van der Waals surface area contributed by atoms with Gasteiger partial charge in [0.1, 0.15) is 0 Å². The number of nitrogens with zero attached hydrogens (tertiary/aromatic N) is 4. The van der Waals surface area contributed by atoms with Crippen LogP contribution in [0.25, 0.3) is 10.2 Å². The molecular weight excluding hydrogens is 400 g/mol. The lowest BCUT2D eigenvalue weighted by Crippen LogP contribution is -2.36. The Kier molecular flexibility index (Phi) is 7.06. The molecule has 0 spiro atoms. The van der Waals surface area contributed by atoms with Crippen LogP contribution in [0.5, 0.6) is 0 Å². The Hall–Kier alpha value is -2.55. The molecule has 0 bridgehead atoms. The number of thiazole rings is 1. The van der Waals surface area contributed by atoms with Gasteiger partial charge in [-0.15, -0.1) is 12.4 Å². The zero-order valence-corrected chi connectivity index (χ0v) is 17.4. The second-order valence-electron chi connectivity index (χ2n) is 6.54. The van der Waals surface area contributed by atoms with Crippen LogP contribution in [0.4, 0.5) is 10.8 Å². The van der Waals surface area contributed by atoms with E-state index >= 15 is 0 Å². The van der Waals surface area contributed by atoms with E-state index in [0.717, 1.165) is 15.8 Å². The molecule has 0 atom stereocenters. The first-order valence-electron chi connectivity index (χ1n) is 8.43. The fourth-order valence-corrected chi connectivity index (χ4v) is 3.72. The van der Waals surface area contributed by atoms with Crippen molar-refractivity contribution in [2.24, 2.45) is 0 Å². The molecule has 9 heteroatoms. The van der Waals surface area contributed by atoms with Crippen LogP contribution in [0.2, 0.25) is 0 Å². The van der Waals surface area contributed by atoms with Gasteiger partial charge in [-0.05, 0) is 44.8 Å². The van der Waals surface area contributed by atoms with Gasteiger partial charge in [0.05, 0.1) is 15.1 Å². The number of nitro groups is 1. The van der Waals surface area contributed by atoms with Crippen molar-refractivity contribution in [1.29, 1.82) is 0 Å². The minimum absolute atomic E-state index is 0. The zero-order chi connectivity index (χ0) is 19.6. The summed E-state index contributed by atoms with van der Waals surface area (Å²) in [5.74, 6) is -0.295. The van der Waals surface area contributed by atoms with Gasteiger partial charge >= 0.3 is 0 Å². The van der Waals surface area contributed by atoms with Crippen LogP contribution >= 0.6 is 23.7 Å². The Bertz CT molecular complexity index is 1010. The maximum absolute atomic E-state index is 13.1. The van der Waals surface area contributed by atoms with E-state index in [0.29, 0.717) is 18.2 Å². The SMILES string of the molecule is Cc1ccc2nc(N(CCN(C)C)C(=O)c3cccc([N+](=O)[O-])c3)sc2c1.Cl. The quantitative estimate of drug-likeness (QED) is 0.442. The highest BCUT2D eigenvalue weighted by atomic mass is 35.5. The van der Waals surface area contributed by atoms with Crippen molar-refractivity contribution >= 4 is 50.7 Å². The van der Waals surface area contributed by atoms with Crippen LogP contribution < -0.4 is 4.90 Å². The number of aromatic nitrogens is 1. The normalized spacial score (nSPS) is 10.7. The van der Waals surface area contributed by atoms with Gasteiger partial charge in [0.2, 0.25) is 0 Å². The number of amides is 1. The second-order valence-corrected chi connectivity index (χ2v) is 7.54. The largest absolute Gasteiger partial charge is 0.308 e. The van der Waals surface area contributed by atoms with Gasteiger partial charge in [-0.1, -0.05) is 23.5 Å². The van der Waals surface area contributed by atoms with Gasteiger partial charge in [0, 0.05) is 30.8 Å². The lowest BCUT2D eigenvalue weighted by molar-refractivity contribution is -0.384. The van der Waals surface area contributed by atoms with E-state index in [9.17, 15) is 14.9 Å². The van der Waals surface area contributed by atoms with E-state index in [2.05, 4.69) is 4.98 Å². The Balaban J connectivity index is 0.00000280. The third-order valence-electron chi connectivity index (χ3n) is 4.08. The van der Waals surface area contributed by atoms with Gasteiger partial charge in [0.15, 0.2) is 5.13 Å². The lowest BCUT2D eigenvalue weighted by atomic mass is 10.2. The van der Waals surface area contributed by atoms with Crippen molar-refractivity contribution < 1.29 is 9.72 Å². The average molecular weight is 421 g/mol. The van der Waals surface area contributed by atoms with Crippen LogP contribution in [0.15, 0.2) is 42.5 Å². The van der Waals surface area contributed by atoms with Crippen LogP contribution in [0, 0.1) is 17.0 Å². The number of anilines is 1. The topological polar surface area (TPSA) is 79.6 Å². The number of carbonyl (C=O) groups is 1. The van der Waals surface area contributed by atoms with E-state index in [1.807, 2.05) is 44.1 Å². The van der Waals surface area contributed by atoms with Crippen molar-refractivity contribution in [1.82, 2.24) is 9.88 Å². The summed E-state index contributed by atoms with van der Waals surface area (Å²) < 4.78 is 1.01. The van der Waals surface area contributed by atoms with E-state index in [1.54, 1.807) is 11.0 Å². The second kappa shape index (κ2) is 9.09. The maximum atomic E-state index is 13.1. The van der Waals surface area contributed by atoms with E-state index in [4.69, 9.17) is 0 Å². The number of non-ortho nitro benzene ring substituents is 1. The first-order chi connectivity index (χ1) is 12.8. The molecule has 1 amide bonds. The molecule has 7 nitrogen and oxygen atoms in total. The third kappa shape index (κ3) is 4.83. The predicted octanol–water partition coefficient (Wildman–Crippen LogP) is 4.14. The van der Waals surface area contributed by atoms with E-state index < -0.39 is 4.92 Å². The zero-order valence-electron chi connectivity index (χ0n) is 15.8. The summed E-state index contributed by atoms with van der Waals surface area (Å²) in [7, 11) is 3.86. The summed E-state index contributed by atoms with van der Waals surface area (Å²) in [5.41, 5.74) is 2.14. The first kappa shape index (κ1) is 21.7. The average Bonchev–Trinajstić information content (AvgIpc) is 3.04. The Morgan fingerprint density at radius 3 is 2.61 bits per heavy atom. The smallest absolute Gasteiger partial charge is 0.270 e. The minimum atomic E-state index is -0.499. The number of aryl methyl sites for hydroxylation is 1. The van der Waals surface area contributed by atoms with Crippen LogP contribution in [-0.4, -0.2) is 47.9 Å². The number of hydrogen-bond donors (Lipinski definition) is 0. The molecule has 0 aliphatic carbocycles. The summed E-state index contributed by atoms with van der Waals surface area (Å²) in [4.78, 5) is 31.9. The molecular formula is C19H21ClN4O3S. The molecule has 3 aromatic rings. The van der Waals surface area contributed by atoms with Crippen LogP contribution in [-0.2, 0) is 0 Å². The van der Waals surface area contributed by atoms with Gasteiger partial charge in [0.25, 0.3) is 11.6 Å². The number of likely N-dealkylation sites (N-methyl/N-ethyl adjacent to an activating group) is 1. The van der Waals surface area contributed by atoms with E-state index in [-0.39, 0.29) is 29.6 Å². The van der Waals surface area contributed by atoms with Gasteiger partial charge in [-0.3, -0.25) is 19.8 Å². The summed E-state index contributed by atoms with van der Waals surface area (Å²) in [6.45, 7) is 3.10. The van der Waals surface area contributed by atoms with Crippen LogP contribution in [0.1, 0.15) is 15.9 Å². The highest BCUT2D eigenvalue weighted by molar-refractivity contribution is 7.22. The molecule has 0 unspecified atom stereocenters. The Labute approximate surface area is 173 Å². The standard InChI is InChI=1S/C19H20N4O3S.ClH/c1-13-7-8-16-17(11-13)27-19(20-16)22(10-9-21(2)3)18(24)14-5-4-6-15(12-14)23(25)26;/h4-8,11-12H,9-10H2,1-3H3;1H. The number of halogens is 1. The maximum Gasteiger partial charge on any atom is 0.270 e. The minimum Gasteiger partial charge on any atom is -0.308 e.